The average molecular weight is 442 g/mol. The lowest BCUT2D eigenvalue weighted by atomic mass is 10.1. The van der Waals surface area contributed by atoms with Crippen LogP contribution in [0.25, 0.3) is 11.2 Å². The van der Waals surface area contributed by atoms with Crippen molar-refractivity contribution < 1.29 is 33.1 Å². The van der Waals surface area contributed by atoms with Crippen molar-refractivity contribution >= 4 is 24.9 Å². The van der Waals surface area contributed by atoms with Crippen LogP contribution < -0.4 is 15.9 Å². The zero-order chi connectivity index (χ0) is 21.6. The predicted molar refractivity (Wildman–Crippen MR) is 100 cm³/mol. The highest BCUT2D eigenvalue weighted by Crippen LogP contribution is 2.44. The minimum Gasteiger partial charge on any atom is -0.384 e. The van der Waals surface area contributed by atoms with Crippen molar-refractivity contribution in [3.63, 3.8) is 0 Å². The Bertz CT molecular complexity index is 1160. The van der Waals surface area contributed by atoms with Crippen LogP contribution in [0.4, 0.5) is 5.95 Å². The molecule has 0 amide bonds. The van der Waals surface area contributed by atoms with Gasteiger partial charge in [-0.1, -0.05) is 4.98 Å². The van der Waals surface area contributed by atoms with Crippen molar-refractivity contribution in [1.29, 1.82) is 0 Å². The highest BCUT2D eigenvalue weighted by Gasteiger charge is 2.48. The number of methoxy groups -OCH3 is 1. The Morgan fingerprint density at radius 1 is 1.50 bits per heavy atom. The smallest absolute Gasteiger partial charge is 0.384 e. The van der Waals surface area contributed by atoms with E-state index in [2.05, 4.69) is 15.0 Å². The van der Waals surface area contributed by atoms with Crippen molar-refractivity contribution in [2.45, 2.75) is 24.5 Å². The third-order valence-corrected chi connectivity index (χ3v) is 6.14. The molecule has 0 bridgehead atoms. The van der Waals surface area contributed by atoms with Crippen LogP contribution in [-0.4, -0.2) is 65.9 Å². The van der Waals surface area contributed by atoms with Gasteiger partial charge in [0, 0.05) is 19.5 Å². The van der Waals surface area contributed by atoms with Gasteiger partial charge in [-0.05, 0) is 0 Å². The Kier molecular flexibility index (Phi) is 5.22. The van der Waals surface area contributed by atoms with Crippen LogP contribution >= 0.6 is 7.75 Å². The molecule has 0 saturated carbocycles. The van der Waals surface area contributed by atoms with Gasteiger partial charge in [-0.3, -0.25) is 18.9 Å². The molecule has 1 saturated heterocycles. The van der Waals surface area contributed by atoms with Crippen molar-refractivity contribution in [1.82, 2.24) is 23.9 Å². The second kappa shape index (κ2) is 7.58. The van der Waals surface area contributed by atoms with Gasteiger partial charge in [-0.25, -0.2) is 18.5 Å². The van der Waals surface area contributed by atoms with Gasteiger partial charge >= 0.3 is 13.4 Å². The number of nitrogen functional groups attached to an aromatic ring is 1. The summed E-state index contributed by atoms with van der Waals surface area (Å²) in [5, 5.41) is 10.8. The summed E-state index contributed by atoms with van der Waals surface area (Å²) in [5.74, 6) is -0.0929. The lowest BCUT2D eigenvalue weighted by Crippen LogP contribution is -2.46. The maximum Gasteiger partial charge on any atom is 0.437 e. The molecule has 1 aliphatic rings. The predicted octanol–water partition coefficient (Wildman–Crippen LogP) is -1.73. The SMILES string of the molecule is COC1C(COP(=O)(O)n2ccnc2)OC([n+]2cn(C)c3c(=O)[nH]c(N)nc32)C1O. The zero-order valence-corrected chi connectivity index (χ0v) is 16.9. The monoisotopic (exact) mass is 442 g/mol. The molecule has 3 aromatic heterocycles. The number of aryl methyl sites for hydroxylation is 1. The zero-order valence-electron chi connectivity index (χ0n) is 16.0. The number of anilines is 1. The van der Waals surface area contributed by atoms with Crippen LogP contribution in [0.5, 0.6) is 0 Å². The number of nitrogens with zero attached hydrogens (tertiary/aromatic N) is 5. The van der Waals surface area contributed by atoms with Crippen LogP contribution in [-0.2, 0) is 25.6 Å². The number of aromatic nitrogens is 6. The molecule has 5 unspecified atom stereocenters. The van der Waals surface area contributed by atoms with Gasteiger partial charge in [0.1, 0.15) is 24.6 Å². The van der Waals surface area contributed by atoms with E-state index in [4.69, 9.17) is 19.7 Å². The molecular formula is C15H21N7O7P+. The highest BCUT2D eigenvalue weighted by atomic mass is 31.2. The van der Waals surface area contributed by atoms with E-state index in [1.54, 1.807) is 7.05 Å². The fourth-order valence-electron chi connectivity index (χ4n) is 3.47. The van der Waals surface area contributed by atoms with Crippen molar-refractivity contribution in [2.75, 3.05) is 19.5 Å². The number of fused-ring (bicyclic) bond motifs is 1. The van der Waals surface area contributed by atoms with E-state index in [9.17, 15) is 19.4 Å². The highest BCUT2D eigenvalue weighted by molar-refractivity contribution is 7.51. The third kappa shape index (κ3) is 3.43. The molecular weight excluding hydrogens is 421 g/mol. The number of ether oxygens (including phenoxy) is 2. The van der Waals surface area contributed by atoms with Crippen molar-refractivity contribution in [3.8, 4) is 0 Å². The van der Waals surface area contributed by atoms with E-state index in [1.165, 1.54) is 35.0 Å². The van der Waals surface area contributed by atoms with E-state index < -0.39 is 37.8 Å². The molecule has 0 spiro atoms. The van der Waals surface area contributed by atoms with Crippen molar-refractivity contribution in [2.24, 2.45) is 7.05 Å². The summed E-state index contributed by atoms with van der Waals surface area (Å²) in [6.07, 6.45) is 1.36. The molecule has 0 aliphatic carbocycles. The standard InChI is InChI=1S/C15H20N7O7P/c1-20-7-22(12-9(20)13(24)19-15(16)18-12)14-10(23)11(27-2)8(29-14)5-28-30(25,26)21-4-3-17-6-21/h3-4,6-8,10-11,14,23H,5H2,1-2H3,(H3-,16,18,19,24,25,26)/p+1. The van der Waals surface area contributed by atoms with Gasteiger partial charge < -0.3 is 25.2 Å². The number of aliphatic hydroxyl groups excluding tert-OH is 1. The summed E-state index contributed by atoms with van der Waals surface area (Å²) < 4.78 is 32.6. The minimum atomic E-state index is -4.19. The molecule has 3 aromatic rings. The molecule has 162 valence electrons. The number of hydrogen-bond acceptors (Lipinski definition) is 9. The van der Waals surface area contributed by atoms with Gasteiger partial charge in [0.2, 0.25) is 11.7 Å². The number of nitrogens with one attached hydrogen (secondary N) is 1. The van der Waals surface area contributed by atoms with Gasteiger partial charge in [-0.15, -0.1) is 0 Å². The summed E-state index contributed by atoms with van der Waals surface area (Å²) in [6, 6.07) is 0. The van der Waals surface area contributed by atoms with E-state index in [-0.39, 0.29) is 23.7 Å². The van der Waals surface area contributed by atoms with Gasteiger partial charge in [0.25, 0.3) is 11.5 Å². The van der Waals surface area contributed by atoms with E-state index in [0.717, 1.165) is 10.7 Å². The number of aliphatic hydroxyl groups is 1. The molecule has 0 radical (unpaired) electrons. The number of nitrogens with two attached hydrogens (primary N) is 1. The molecule has 5 N–H and O–H groups in total. The number of hydrogen-bond donors (Lipinski definition) is 4. The van der Waals surface area contributed by atoms with E-state index in [1.807, 2.05) is 0 Å². The Balaban J connectivity index is 1.62. The molecule has 1 fully saturated rings. The number of H-pyrrole nitrogens is 1. The van der Waals surface area contributed by atoms with Gasteiger partial charge in [0.05, 0.1) is 13.7 Å². The summed E-state index contributed by atoms with van der Waals surface area (Å²) in [6.45, 7) is -0.348. The maximum absolute atomic E-state index is 12.3. The van der Waals surface area contributed by atoms with Gasteiger partial charge in [-0.2, -0.15) is 0 Å². The summed E-state index contributed by atoms with van der Waals surface area (Å²) in [5.41, 5.74) is 5.64. The molecule has 0 aromatic carbocycles. The fourth-order valence-corrected chi connectivity index (χ4v) is 4.36. The van der Waals surface area contributed by atoms with E-state index >= 15 is 0 Å². The summed E-state index contributed by atoms with van der Waals surface area (Å²) in [7, 11) is -1.19. The van der Waals surface area contributed by atoms with Crippen LogP contribution in [0, 0.1) is 0 Å². The Morgan fingerprint density at radius 2 is 2.27 bits per heavy atom. The first-order valence-electron chi connectivity index (χ1n) is 8.81. The molecule has 15 heteroatoms. The fraction of sp³-hybridized carbons (Fsp3) is 0.467. The normalized spacial score (nSPS) is 26.3. The first kappa shape index (κ1) is 20.7. The van der Waals surface area contributed by atoms with Crippen molar-refractivity contribution in [3.05, 3.63) is 35.4 Å². The van der Waals surface area contributed by atoms with E-state index in [0.29, 0.717) is 0 Å². The number of aromatic amines is 1. The quantitative estimate of drug-likeness (QED) is 0.253. The first-order valence-corrected chi connectivity index (χ1v) is 10.3. The Labute approximate surface area is 169 Å². The summed E-state index contributed by atoms with van der Waals surface area (Å²) >= 11 is 0. The van der Waals surface area contributed by atoms with Crippen LogP contribution in [0.3, 0.4) is 0 Å². The number of rotatable bonds is 6. The molecule has 30 heavy (non-hydrogen) atoms. The van der Waals surface area contributed by atoms with Crippen LogP contribution in [0.1, 0.15) is 6.23 Å². The molecule has 14 nitrogen and oxygen atoms in total. The second-order valence-corrected chi connectivity index (χ2v) is 8.44. The lowest BCUT2D eigenvalue weighted by Gasteiger charge is -2.19. The first-order chi connectivity index (χ1) is 14.2. The molecule has 4 rings (SSSR count). The second-order valence-electron chi connectivity index (χ2n) is 6.74. The largest absolute Gasteiger partial charge is 0.437 e. The molecule has 1 aliphatic heterocycles. The van der Waals surface area contributed by atoms with Crippen LogP contribution in [0.15, 0.2) is 29.8 Å². The average Bonchev–Trinajstić information content (AvgIpc) is 3.39. The lowest BCUT2D eigenvalue weighted by molar-refractivity contribution is -0.745. The molecule has 5 atom stereocenters. The topological polar surface area (TPSA) is 184 Å². The molecule has 4 heterocycles. The van der Waals surface area contributed by atoms with Crippen LogP contribution in [0.2, 0.25) is 0 Å². The Hall–Kier alpha value is -2.61. The maximum atomic E-state index is 12.3. The minimum absolute atomic E-state index is 0.0929. The Morgan fingerprint density at radius 3 is 2.93 bits per heavy atom. The summed E-state index contributed by atoms with van der Waals surface area (Å²) in [4.78, 5) is 32.6. The van der Waals surface area contributed by atoms with Gasteiger partial charge in [0.15, 0.2) is 6.33 Å². The third-order valence-electron chi connectivity index (χ3n) is 4.83. The number of imidazole rings is 2.